The molecule has 0 aromatic heterocycles. The molecule has 2 aromatic rings. The zero-order chi connectivity index (χ0) is 20.1. The van der Waals surface area contributed by atoms with Crippen LogP contribution in [-0.2, 0) is 11.3 Å². The van der Waals surface area contributed by atoms with Crippen LogP contribution in [0.1, 0.15) is 18.1 Å². The summed E-state index contributed by atoms with van der Waals surface area (Å²) in [4.78, 5) is 15.7. The standard InChI is InChI=1S/C22H28ClN3O2/c1-16-13-20(21(28-3)14-19(16)23)24-22(27)17(2)26-11-9-25(10-12-26)15-18-7-5-4-6-8-18/h4-8,13-14,17H,9-12,15H2,1-3H3,(H,24,27)/p+2/t17-/m1/s1. The second-order valence-electron chi connectivity index (χ2n) is 7.58. The van der Waals surface area contributed by atoms with Crippen LogP contribution in [-0.4, -0.2) is 45.2 Å². The van der Waals surface area contributed by atoms with Crippen LogP contribution in [0, 0.1) is 6.92 Å². The Balaban J connectivity index is 1.55. The molecule has 1 fully saturated rings. The first kappa shape index (κ1) is 20.6. The molecule has 28 heavy (non-hydrogen) atoms. The molecule has 0 saturated carbocycles. The highest BCUT2D eigenvalue weighted by Crippen LogP contribution is 2.30. The van der Waals surface area contributed by atoms with Crippen molar-refractivity contribution in [1.29, 1.82) is 0 Å². The van der Waals surface area contributed by atoms with Gasteiger partial charge in [-0.1, -0.05) is 41.9 Å². The molecule has 0 unspecified atom stereocenters. The predicted molar refractivity (Wildman–Crippen MR) is 112 cm³/mol. The lowest BCUT2D eigenvalue weighted by molar-refractivity contribution is -1.02. The number of hydrogen-bond acceptors (Lipinski definition) is 2. The van der Waals surface area contributed by atoms with Crippen LogP contribution in [0.3, 0.4) is 0 Å². The van der Waals surface area contributed by atoms with Gasteiger partial charge in [0, 0.05) is 16.7 Å². The maximum atomic E-state index is 12.8. The molecule has 1 heterocycles. The Morgan fingerprint density at radius 1 is 1.18 bits per heavy atom. The van der Waals surface area contributed by atoms with Crippen LogP contribution in [0.4, 0.5) is 5.69 Å². The number of carbonyl (C=O) groups excluding carboxylic acids is 1. The largest absolute Gasteiger partial charge is 0.495 e. The summed E-state index contributed by atoms with van der Waals surface area (Å²) in [6.07, 6.45) is 0. The summed E-state index contributed by atoms with van der Waals surface area (Å²) in [5.41, 5.74) is 2.96. The van der Waals surface area contributed by atoms with Gasteiger partial charge >= 0.3 is 0 Å². The van der Waals surface area contributed by atoms with Crippen molar-refractivity contribution in [2.45, 2.75) is 26.4 Å². The number of halogens is 1. The van der Waals surface area contributed by atoms with Gasteiger partial charge in [-0.05, 0) is 25.5 Å². The number of amides is 1. The number of methoxy groups -OCH3 is 1. The molecular formula is C22H30ClN3O2+2. The summed E-state index contributed by atoms with van der Waals surface area (Å²) < 4.78 is 5.37. The zero-order valence-corrected chi connectivity index (χ0v) is 17.6. The molecule has 0 bridgehead atoms. The summed E-state index contributed by atoms with van der Waals surface area (Å²) >= 11 is 6.16. The van der Waals surface area contributed by atoms with Gasteiger partial charge in [0.1, 0.15) is 38.5 Å². The van der Waals surface area contributed by atoms with Crippen molar-refractivity contribution in [3.05, 3.63) is 58.6 Å². The lowest BCUT2D eigenvalue weighted by atomic mass is 10.1. The van der Waals surface area contributed by atoms with Gasteiger partial charge in [0.05, 0.1) is 12.8 Å². The summed E-state index contributed by atoms with van der Waals surface area (Å²) in [6.45, 7) is 9.11. The van der Waals surface area contributed by atoms with E-state index in [-0.39, 0.29) is 11.9 Å². The molecule has 6 heteroatoms. The van der Waals surface area contributed by atoms with E-state index in [1.54, 1.807) is 18.1 Å². The van der Waals surface area contributed by atoms with Crippen molar-refractivity contribution in [2.24, 2.45) is 0 Å². The van der Waals surface area contributed by atoms with E-state index in [0.29, 0.717) is 16.5 Å². The normalized spacial score (nSPS) is 20.4. The third kappa shape index (κ3) is 5.04. The van der Waals surface area contributed by atoms with E-state index in [1.807, 2.05) is 19.9 Å². The maximum absolute atomic E-state index is 12.8. The van der Waals surface area contributed by atoms with Crippen molar-refractivity contribution in [3.8, 4) is 5.75 Å². The van der Waals surface area contributed by atoms with Crippen molar-refractivity contribution in [1.82, 2.24) is 0 Å². The second kappa shape index (κ2) is 9.41. The molecule has 1 aliphatic rings. The zero-order valence-electron chi connectivity index (χ0n) is 16.8. The molecule has 3 rings (SSSR count). The molecule has 0 aliphatic carbocycles. The van der Waals surface area contributed by atoms with Gasteiger partial charge < -0.3 is 19.9 Å². The molecule has 150 valence electrons. The maximum Gasteiger partial charge on any atom is 0.282 e. The van der Waals surface area contributed by atoms with E-state index in [9.17, 15) is 4.79 Å². The highest BCUT2D eigenvalue weighted by atomic mass is 35.5. The van der Waals surface area contributed by atoms with Gasteiger partial charge in [0.2, 0.25) is 0 Å². The number of aryl methyl sites for hydroxylation is 1. The average Bonchev–Trinajstić information content (AvgIpc) is 2.71. The van der Waals surface area contributed by atoms with E-state index in [4.69, 9.17) is 16.3 Å². The summed E-state index contributed by atoms with van der Waals surface area (Å²) in [5.74, 6) is 0.602. The van der Waals surface area contributed by atoms with Crippen molar-refractivity contribution < 1.29 is 19.3 Å². The van der Waals surface area contributed by atoms with Gasteiger partial charge in [-0.2, -0.15) is 0 Å². The lowest BCUT2D eigenvalue weighted by Gasteiger charge is -2.32. The number of carbonyl (C=O) groups is 1. The minimum Gasteiger partial charge on any atom is -0.495 e. The number of nitrogens with one attached hydrogen (secondary N) is 3. The van der Waals surface area contributed by atoms with Gasteiger partial charge in [-0.25, -0.2) is 0 Å². The first-order valence-corrected chi connectivity index (χ1v) is 10.2. The molecule has 1 amide bonds. The highest BCUT2D eigenvalue weighted by Gasteiger charge is 2.31. The number of ether oxygens (including phenoxy) is 1. The Morgan fingerprint density at radius 3 is 2.50 bits per heavy atom. The highest BCUT2D eigenvalue weighted by molar-refractivity contribution is 6.31. The Hall–Kier alpha value is -2.08. The predicted octanol–water partition coefficient (Wildman–Crippen LogP) is 0.968. The van der Waals surface area contributed by atoms with Crippen LogP contribution in [0.25, 0.3) is 0 Å². The fourth-order valence-electron chi connectivity index (χ4n) is 3.78. The monoisotopic (exact) mass is 403 g/mol. The van der Waals surface area contributed by atoms with E-state index < -0.39 is 0 Å². The Kier molecular flexibility index (Phi) is 6.94. The molecule has 3 N–H and O–H groups in total. The molecule has 5 nitrogen and oxygen atoms in total. The van der Waals surface area contributed by atoms with Crippen LogP contribution < -0.4 is 19.9 Å². The average molecular weight is 404 g/mol. The Labute approximate surface area is 172 Å². The first-order valence-electron chi connectivity index (χ1n) is 9.85. The Bertz CT molecular complexity index is 805. The van der Waals surface area contributed by atoms with E-state index in [1.165, 1.54) is 10.5 Å². The van der Waals surface area contributed by atoms with Gasteiger partial charge in [0.15, 0.2) is 6.04 Å². The molecule has 2 aromatic carbocycles. The second-order valence-corrected chi connectivity index (χ2v) is 7.99. The molecule has 0 radical (unpaired) electrons. The van der Waals surface area contributed by atoms with Crippen molar-refractivity contribution in [2.75, 3.05) is 38.6 Å². The number of rotatable bonds is 6. The fourth-order valence-corrected chi connectivity index (χ4v) is 3.93. The summed E-state index contributed by atoms with van der Waals surface area (Å²) in [5, 5.41) is 3.66. The number of anilines is 1. The van der Waals surface area contributed by atoms with Crippen molar-refractivity contribution >= 4 is 23.2 Å². The van der Waals surface area contributed by atoms with Gasteiger partial charge in [-0.15, -0.1) is 0 Å². The third-order valence-corrected chi connectivity index (χ3v) is 6.05. The van der Waals surface area contributed by atoms with Gasteiger partial charge in [0.25, 0.3) is 5.91 Å². The van der Waals surface area contributed by atoms with Crippen LogP contribution in [0.2, 0.25) is 5.02 Å². The minimum absolute atomic E-state index is 0.0153. The quantitative estimate of drug-likeness (QED) is 0.673. The van der Waals surface area contributed by atoms with E-state index in [0.717, 1.165) is 38.3 Å². The van der Waals surface area contributed by atoms with E-state index in [2.05, 4.69) is 35.6 Å². The fraction of sp³-hybridized carbons (Fsp3) is 0.409. The molecule has 1 saturated heterocycles. The first-order chi connectivity index (χ1) is 13.5. The number of benzene rings is 2. The topological polar surface area (TPSA) is 47.2 Å². The van der Waals surface area contributed by atoms with Crippen LogP contribution in [0.15, 0.2) is 42.5 Å². The summed E-state index contributed by atoms with van der Waals surface area (Å²) in [6, 6.07) is 14.1. The number of quaternary nitrogens is 2. The number of piperazine rings is 1. The summed E-state index contributed by atoms with van der Waals surface area (Å²) in [7, 11) is 1.58. The molecule has 1 atom stereocenters. The van der Waals surface area contributed by atoms with E-state index >= 15 is 0 Å². The molecule has 0 spiro atoms. The number of hydrogen-bond donors (Lipinski definition) is 3. The van der Waals surface area contributed by atoms with Crippen LogP contribution in [0.5, 0.6) is 5.75 Å². The third-order valence-electron chi connectivity index (χ3n) is 5.64. The van der Waals surface area contributed by atoms with Crippen molar-refractivity contribution in [3.63, 3.8) is 0 Å². The molecule has 1 aliphatic heterocycles. The lowest BCUT2D eigenvalue weighted by Crippen LogP contribution is -3.29. The smallest absolute Gasteiger partial charge is 0.282 e. The van der Waals surface area contributed by atoms with Crippen LogP contribution >= 0.6 is 11.6 Å². The minimum atomic E-state index is -0.112. The molecular weight excluding hydrogens is 374 g/mol. The SMILES string of the molecule is COc1cc(Cl)c(C)cc1NC(=O)[C@@H](C)[NH+]1CC[NH+](Cc2ccccc2)CC1. The van der Waals surface area contributed by atoms with Gasteiger partial charge in [-0.3, -0.25) is 4.79 Å². The Morgan fingerprint density at radius 2 is 1.86 bits per heavy atom.